The quantitative estimate of drug-likeness (QED) is 0.608. The van der Waals surface area contributed by atoms with E-state index in [0.29, 0.717) is 18.1 Å². The van der Waals surface area contributed by atoms with Crippen molar-refractivity contribution in [3.63, 3.8) is 0 Å². The minimum absolute atomic E-state index is 0.152. The van der Waals surface area contributed by atoms with E-state index < -0.39 is 0 Å². The molecule has 2 N–H and O–H groups in total. The number of nitrogens with one attached hydrogen (secondary N) is 2. The number of benzene rings is 1. The molecule has 0 radical (unpaired) electrons. The molecule has 0 amide bonds. The van der Waals surface area contributed by atoms with Crippen LogP contribution in [0.4, 0.5) is 5.95 Å². The molecule has 0 aliphatic carbocycles. The Bertz CT molecular complexity index is 684. The number of aromatic amines is 1. The van der Waals surface area contributed by atoms with E-state index in [4.69, 9.17) is 9.47 Å². The summed E-state index contributed by atoms with van der Waals surface area (Å²) >= 11 is 0. The lowest BCUT2D eigenvalue weighted by molar-refractivity contribution is 0.311. The lowest BCUT2D eigenvalue weighted by Gasteiger charge is -2.11. The van der Waals surface area contributed by atoms with Crippen LogP contribution in [-0.2, 0) is 0 Å². The largest absolute Gasteiger partial charge is 0.492 e. The fourth-order valence-corrected chi connectivity index (χ4v) is 1.65. The average Bonchev–Trinajstić information content (AvgIpc) is 2.48. The number of hydrazone groups is 1. The van der Waals surface area contributed by atoms with Gasteiger partial charge in [0.25, 0.3) is 5.56 Å². The van der Waals surface area contributed by atoms with Crippen molar-refractivity contribution in [1.29, 1.82) is 0 Å². The molecule has 0 bridgehead atoms. The van der Waals surface area contributed by atoms with Crippen LogP contribution in [0.25, 0.3) is 0 Å². The van der Waals surface area contributed by atoms with Gasteiger partial charge in [0.2, 0.25) is 5.95 Å². The van der Waals surface area contributed by atoms with Crippen molar-refractivity contribution in [2.75, 3.05) is 19.1 Å². The number of rotatable bonds is 6. The summed E-state index contributed by atoms with van der Waals surface area (Å²) in [5, 5.41) is 11.2. The third kappa shape index (κ3) is 3.78. The summed E-state index contributed by atoms with van der Waals surface area (Å²) in [5.74, 6) is 1.37. The monoisotopic (exact) mass is 289 g/mol. The van der Waals surface area contributed by atoms with Crippen molar-refractivity contribution in [2.45, 2.75) is 6.92 Å². The van der Waals surface area contributed by atoms with Crippen molar-refractivity contribution >= 4 is 12.2 Å². The highest BCUT2D eigenvalue weighted by Crippen LogP contribution is 2.29. The number of nitrogens with zero attached hydrogens (tertiary/aromatic N) is 3. The number of ether oxygens (including phenoxy) is 2. The van der Waals surface area contributed by atoms with Crippen LogP contribution in [0.1, 0.15) is 12.5 Å². The molecule has 21 heavy (non-hydrogen) atoms. The molecular weight excluding hydrogens is 274 g/mol. The Morgan fingerprint density at radius 2 is 2.33 bits per heavy atom. The van der Waals surface area contributed by atoms with Gasteiger partial charge in [-0.15, -0.1) is 10.2 Å². The van der Waals surface area contributed by atoms with Crippen LogP contribution < -0.4 is 20.5 Å². The molecule has 2 aromatic rings. The van der Waals surface area contributed by atoms with E-state index >= 15 is 0 Å². The maximum atomic E-state index is 11.1. The Hall–Kier alpha value is -2.90. The fourth-order valence-electron chi connectivity index (χ4n) is 1.65. The SMILES string of the molecule is CCOc1cccc(/C=N/Nc2nncc(=O)[nH]2)c1OC. The minimum atomic E-state index is -0.362. The Kier molecular flexibility index (Phi) is 4.86. The van der Waals surface area contributed by atoms with E-state index in [9.17, 15) is 4.79 Å². The third-order valence-corrected chi connectivity index (χ3v) is 2.46. The summed E-state index contributed by atoms with van der Waals surface area (Å²) in [6, 6.07) is 5.47. The molecule has 0 saturated carbocycles. The average molecular weight is 289 g/mol. The molecule has 0 aliphatic rings. The summed E-state index contributed by atoms with van der Waals surface area (Å²) in [6.45, 7) is 2.43. The third-order valence-electron chi connectivity index (χ3n) is 2.46. The zero-order valence-electron chi connectivity index (χ0n) is 11.7. The maximum absolute atomic E-state index is 11.1. The Morgan fingerprint density at radius 3 is 3.05 bits per heavy atom. The first-order valence-corrected chi connectivity index (χ1v) is 6.25. The number of hydrogen-bond acceptors (Lipinski definition) is 7. The van der Waals surface area contributed by atoms with Crippen molar-refractivity contribution in [3.8, 4) is 11.5 Å². The summed E-state index contributed by atoms with van der Waals surface area (Å²) in [6.07, 6.45) is 2.61. The number of aromatic nitrogens is 3. The molecule has 0 fully saturated rings. The van der Waals surface area contributed by atoms with Crippen LogP contribution >= 0.6 is 0 Å². The van der Waals surface area contributed by atoms with Gasteiger partial charge in [-0.3, -0.25) is 9.78 Å². The molecule has 8 heteroatoms. The molecule has 0 atom stereocenters. The van der Waals surface area contributed by atoms with E-state index in [2.05, 4.69) is 25.7 Å². The van der Waals surface area contributed by atoms with E-state index in [0.717, 1.165) is 11.8 Å². The molecular formula is C13H15N5O3. The zero-order valence-corrected chi connectivity index (χ0v) is 11.7. The van der Waals surface area contributed by atoms with Gasteiger partial charge in [0.1, 0.15) is 6.20 Å². The summed E-state index contributed by atoms with van der Waals surface area (Å²) in [4.78, 5) is 13.5. The van der Waals surface area contributed by atoms with Gasteiger partial charge in [0.15, 0.2) is 11.5 Å². The van der Waals surface area contributed by atoms with Gasteiger partial charge in [-0.05, 0) is 19.1 Å². The molecule has 1 aromatic heterocycles. The van der Waals surface area contributed by atoms with Crippen molar-refractivity contribution in [2.24, 2.45) is 5.10 Å². The number of H-pyrrole nitrogens is 1. The van der Waals surface area contributed by atoms with Crippen LogP contribution in [0.3, 0.4) is 0 Å². The second kappa shape index (κ2) is 7.04. The fraction of sp³-hybridized carbons (Fsp3) is 0.231. The Labute approximate surface area is 120 Å². The van der Waals surface area contributed by atoms with E-state index in [1.165, 1.54) is 6.21 Å². The van der Waals surface area contributed by atoms with Gasteiger partial charge in [0, 0.05) is 5.56 Å². The normalized spacial score (nSPS) is 10.6. The lowest BCUT2D eigenvalue weighted by Crippen LogP contribution is -2.10. The molecule has 0 aliphatic heterocycles. The first-order valence-electron chi connectivity index (χ1n) is 6.25. The van der Waals surface area contributed by atoms with Crippen LogP contribution in [-0.4, -0.2) is 35.1 Å². The molecule has 0 unspecified atom stereocenters. The summed E-state index contributed by atoms with van der Waals surface area (Å²) < 4.78 is 10.8. The van der Waals surface area contributed by atoms with E-state index in [1.54, 1.807) is 7.11 Å². The minimum Gasteiger partial charge on any atom is -0.492 e. The van der Waals surface area contributed by atoms with Gasteiger partial charge < -0.3 is 9.47 Å². The molecule has 0 spiro atoms. The molecule has 1 aromatic carbocycles. The first-order chi connectivity index (χ1) is 10.2. The zero-order chi connectivity index (χ0) is 15.1. The summed E-state index contributed by atoms with van der Waals surface area (Å²) in [5.41, 5.74) is 2.94. The number of para-hydroxylation sites is 1. The van der Waals surface area contributed by atoms with Crippen molar-refractivity contribution in [3.05, 3.63) is 40.3 Å². The van der Waals surface area contributed by atoms with Gasteiger partial charge in [-0.1, -0.05) is 6.07 Å². The van der Waals surface area contributed by atoms with Gasteiger partial charge in [0.05, 0.1) is 19.9 Å². The van der Waals surface area contributed by atoms with Gasteiger partial charge in [-0.25, -0.2) is 5.43 Å². The van der Waals surface area contributed by atoms with Gasteiger partial charge >= 0.3 is 0 Å². The topological polar surface area (TPSA) is 101 Å². The van der Waals surface area contributed by atoms with Crippen molar-refractivity contribution < 1.29 is 9.47 Å². The molecule has 110 valence electrons. The second-order valence-electron chi connectivity index (χ2n) is 3.86. The predicted molar refractivity (Wildman–Crippen MR) is 78.0 cm³/mol. The van der Waals surface area contributed by atoms with Gasteiger partial charge in [-0.2, -0.15) is 5.10 Å². The van der Waals surface area contributed by atoms with E-state index in [-0.39, 0.29) is 11.5 Å². The van der Waals surface area contributed by atoms with Crippen molar-refractivity contribution in [1.82, 2.24) is 15.2 Å². The van der Waals surface area contributed by atoms with Crippen LogP contribution in [0, 0.1) is 0 Å². The van der Waals surface area contributed by atoms with E-state index in [1.807, 2.05) is 25.1 Å². The second-order valence-corrected chi connectivity index (χ2v) is 3.86. The smallest absolute Gasteiger partial charge is 0.271 e. The first kappa shape index (κ1) is 14.5. The summed E-state index contributed by atoms with van der Waals surface area (Å²) in [7, 11) is 1.56. The molecule has 2 rings (SSSR count). The highest BCUT2D eigenvalue weighted by molar-refractivity contribution is 5.85. The number of hydrogen-bond donors (Lipinski definition) is 2. The maximum Gasteiger partial charge on any atom is 0.271 e. The number of methoxy groups -OCH3 is 1. The highest BCUT2D eigenvalue weighted by atomic mass is 16.5. The molecule has 8 nitrogen and oxygen atoms in total. The Morgan fingerprint density at radius 1 is 1.48 bits per heavy atom. The Balaban J connectivity index is 2.17. The van der Waals surface area contributed by atoms with Crippen LogP contribution in [0.15, 0.2) is 34.3 Å². The predicted octanol–water partition coefficient (Wildman–Crippen LogP) is 1.02. The van der Waals surface area contributed by atoms with Crippen LogP contribution in [0.2, 0.25) is 0 Å². The highest BCUT2D eigenvalue weighted by Gasteiger charge is 2.07. The standard InChI is InChI=1S/C13H15N5O3/c1-3-21-10-6-4-5-9(12(10)20-2)7-14-17-13-16-11(19)8-15-18-13/h4-8H,3H2,1-2H3,(H2,16,17,18,19)/b14-7+. The lowest BCUT2D eigenvalue weighted by atomic mass is 10.2. The molecule has 0 saturated heterocycles. The van der Waals surface area contributed by atoms with Crippen LogP contribution in [0.5, 0.6) is 11.5 Å². The molecule has 1 heterocycles. The number of anilines is 1.